The molecule has 1 heterocycles. The van der Waals surface area contributed by atoms with Crippen LogP contribution in [0.1, 0.15) is 0 Å². The fourth-order valence-electron chi connectivity index (χ4n) is 1.50. The van der Waals surface area contributed by atoms with E-state index in [2.05, 4.69) is 10.6 Å². The summed E-state index contributed by atoms with van der Waals surface area (Å²) in [6, 6.07) is 4.01. The molecule has 2 N–H and O–H groups in total. The molecule has 1 aliphatic rings. The number of ether oxygens (including phenoxy) is 1. The molecular formula is C11H10Cl2N2O3. The van der Waals surface area contributed by atoms with Gasteiger partial charge >= 0.3 is 0 Å². The lowest BCUT2D eigenvalue weighted by Crippen LogP contribution is -2.51. The zero-order valence-corrected chi connectivity index (χ0v) is 10.7. The number of hydrogen-bond acceptors (Lipinski definition) is 3. The van der Waals surface area contributed by atoms with Gasteiger partial charge in [0.1, 0.15) is 12.6 Å². The van der Waals surface area contributed by atoms with Crippen LogP contribution < -0.4 is 10.6 Å². The van der Waals surface area contributed by atoms with Gasteiger partial charge in [0.2, 0.25) is 11.8 Å². The Morgan fingerprint density at radius 1 is 1.44 bits per heavy atom. The van der Waals surface area contributed by atoms with Crippen LogP contribution >= 0.6 is 23.2 Å². The average molecular weight is 289 g/mol. The molecule has 18 heavy (non-hydrogen) atoms. The number of carbonyl (C=O) groups excluding carboxylic acids is 2. The Labute approximate surface area is 113 Å². The lowest BCUT2D eigenvalue weighted by atomic mass is 10.2. The van der Waals surface area contributed by atoms with Crippen molar-refractivity contribution in [2.24, 2.45) is 0 Å². The zero-order chi connectivity index (χ0) is 13.1. The van der Waals surface area contributed by atoms with Gasteiger partial charge in [0, 0.05) is 5.02 Å². The molecule has 0 radical (unpaired) electrons. The van der Waals surface area contributed by atoms with Crippen molar-refractivity contribution in [3.8, 4) is 0 Å². The lowest BCUT2D eigenvalue weighted by molar-refractivity contribution is -0.136. The van der Waals surface area contributed by atoms with E-state index in [1.54, 1.807) is 12.1 Å². The molecule has 0 spiro atoms. The predicted molar refractivity (Wildman–Crippen MR) is 67.8 cm³/mol. The molecule has 1 aromatic rings. The third-order valence-electron chi connectivity index (χ3n) is 2.36. The van der Waals surface area contributed by atoms with E-state index in [1.807, 2.05) is 0 Å². The van der Waals surface area contributed by atoms with Gasteiger partial charge in [-0.3, -0.25) is 9.59 Å². The maximum absolute atomic E-state index is 11.9. The van der Waals surface area contributed by atoms with Gasteiger partial charge in [-0.05, 0) is 18.2 Å². The highest BCUT2D eigenvalue weighted by Crippen LogP contribution is 2.25. The summed E-state index contributed by atoms with van der Waals surface area (Å²) < 4.78 is 4.98. The van der Waals surface area contributed by atoms with E-state index in [9.17, 15) is 9.59 Å². The van der Waals surface area contributed by atoms with Crippen molar-refractivity contribution in [2.75, 3.05) is 18.5 Å². The van der Waals surface area contributed by atoms with Gasteiger partial charge < -0.3 is 15.4 Å². The number of morpholine rings is 1. The largest absolute Gasteiger partial charge is 0.369 e. The van der Waals surface area contributed by atoms with E-state index in [0.29, 0.717) is 15.7 Å². The molecule has 1 atom stereocenters. The highest BCUT2D eigenvalue weighted by molar-refractivity contribution is 6.36. The topological polar surface area (TPSA) is 67.4 Å². The Bertz CT molecular complexity index is 493. The molecule has 0 aliphatic carbocycles. The van der Waals surface area contributed by atoms with Gasteiger partial charge in [-0.1, -0.05) is 23.2 Å². The van der Waals surface area contributed by atoms with E-state index in [4.69, 9.17) is 27.9 Å². The zero-order valence-electron chi connectivity index (χ0n) is 9.20. The molecule has 1 unspecified atom stereocenters. The molecule has 0 aromatic heterocycles. The van der Waals surface area contributed by atoms with E-state index in [0.717, 1.165) is 0 Å². The highest BCUT2D eigenvalue weighted by Gasteiger charge is 2.25. The summed E-state index contributed by atoms with van der Waals surface area (Å²) in [5, 5.41) is 5.94. The molecule has 2 amide bonds. The summed E-state index contributed by atoms with van der Waals surface area (Å²) in [5.41, 5.74) is 0.436. The molecule has 0 saturated carbocycles. The molecule has 1 saturated heterocycles. The Balaban J connectivity index is 2.04. The Morgan fingerprint density at radius 2 is 2.22 bits per heavy atom. The smallest absolute Gasteiger partial charge is 0.249 e. The second-order valence-electron chi connectivity index (χ2n) is 3.75. The van der Waals surface area contributed by atoms with Crippen LogP contribution in [0.15, 0.2) is 18.2 Å². The first-order valence-electron chi connectivity index (χ1n) is 5.19. The van der Waals surface area contributed by atoms with Crippen molar-refractivity contribution in [1.82, 2.24) is 5.32 Å². The minimum Gasteiger partial charge on any atom is -0.369 e. The minimum absolute atomic E-state index is 0.0223. The van der Waals surface area contributed by atoms with Crippen LogP contribution in [0.3, 0.4) is 0 Å². The molecule has 7 heteroatoms. The second-order valence-corrected chi connectivity index (χ2v) is 4.59. The maximum Gasteiger partial charge on any atom is 0.249 e. The monoisotopic (exact) mass is 288 g/mol. The fraction of sp³-hybridized carbons (Fsp3) is 0.273. The molecule has 1 aromatic carbocycles. The molecular weight excluding hydrogens is 279 g/mol. The quantitative estimate of drug-likeness (QED) is 0.866. The van der Waals surface area contributed by atoms with Gasteiger partial charge in [-0.25, -0.2) is 0 Å². The first kappa shape index (κ1) is 13.1. The summed E-state index contributed by atoms with van der Waals surface area (Å²) in [6.45, 7) is 0.119. The van der Waals surface area contributed by atoms with Crippen LogP contribution in [0.2, 0.25) is 10.0 Å². The maximum atomic E-state index is 11.9. The molecule has 2 rings (SSSR count). The normalized spacial score (nSPS) is 19.2. The highest BCUT2D eigenvalue weighted by atomic mass is 35.5. The summed E-state index contributed by atoms with van der Waals surface area (Å²) in [4.78, 5) is 22.9. The van der Waals surface area contributed by atoms with Crippen molar-refractivity contribution in [2.45, 2.75) is 6.04 Å². The van der Waals surface area contributed by atoms with Crippen LogP contribution in [0.25, 0.3) is 0 Å². The number of benzene rings is 1. The van der Waals surface area contributed by atoms with Crippen LogP contribution in [0.5, 0.6) is 0 Å². The van der Waals surface area contributed by atoms with Crippen LogP contribution in [-0.4, -0.2) is 31.1 Å². The summed E-state index contributed by atoms with van der Waals surface area (Å²) in [6.07, 6.45) is 0. The van der Waals surface area contributed by atoms with Crippen LogP contribution in [0.4, 0.5) is 5.69 Å². The summed E-state index contributed by atoms with van der Waals surface area (Å²) >= 11 is 11.7. The van der Waals surface area contributed by atoms with Crippen molar-refractivity contribution < 1.29 is 14.3 Å². The molecule has 0 bridgehead atoms. The standard InChI is InChI=1S/C11H10Cl2N2O3/c12-6-1-2-8(7(13)3-6)15-11(17)9-4-18-5-10(16)14-9/h1-3,9H,4-5H2,(H,14,16)(H,15,17). The number of rotatable bonds is 2. The number of nitrogens with one attached hydrogen (secondary N) is 2. The number of carbonyl (C=O) groups is 2. The molecule has 1 aliphatic heterocycles. The van der Waals surface area contributed by atoms with Gasteiger partial charge in [0.15, 0.2) is 0 Å². The van der Waals surface area contributed by atoms with E-state index in [1.165, 1.54) is 6.07 Å². The summed E-state index contributed by atoms with van der Waals surface area (Å²) in [5.74, 6) is -0.698. The van der Waals surface area contributed by atoms with Gasteiger partial charge in [0.25, 0.3) is 0 Å². The molecule has 5 nitrogen and oxygen atoms in total. The van der Waals surface area contributed by atoms with Gasteiger partial charge in [0.05, 0.1) is 17.3 Å². The van der Waals surface area contributed by atoms with Crippen LogP contribution in [-0.2, 0) is 14.3 Å². The van der Waals surface area contributed by atoms with Gasteiger partial charge in [-0.15, -0.1) is 0 Å². The van der Waals surface area contributed by atoms with Crippen molar-refractivity contribution >= 4 is 40.7 Å². The first-order valence-corrected chi connectivity index (χ1v) is 5.95. The SMILES string of the molecule is O=C1COCC(C(=O)Nc2ccc(Cl)cc2Cl)N1. The van der Waals surface area contributed by atoms with Crippen molar-refractivity contribution in [1.29, 1.82) is 0 Å². The van der Waals surface area contributed by atoms with Crippen molar-refractivity contribution in [3.63, 3.8) is 0 Å². The van der Waals surface area contributed by atoms with Gasteiger partial charge in [-0.2, -0.15) is 0 Å². The Hall–Kier alpha value is -1.30. The fourth-order valence-corrected chi connectivity index (χ4v) is 1.95. The second kappa shape index (κ2) is 5.56. The van der Waals surface area contributed by atoms with E-state index >= 15 is 0 Å². The average Bonchev–Trinajstić information content (AvgIpc) is 2.32. The minimum atomic E-state index is -0.710. The van der Waals surface area contributed by atoms with E-state index < -0.39 is 6.04 Å². The first-order chi connectivity index (χ1) is 8.56. The van der Waals surface area contributed by atoms with Crippen molar-refractivity contribution in [3.05, 3.63) is 28.2 Å². The van der Waals surface area contributed by atoms with E-state index in [-0.39, 0.29) is 25.0 Å². The third kappa shape index (κ3) is 3.13. The number of anilines is 1. The Morgan fingerprint density at radius 3 is 2.89 bits per heavy atom. The lowest BCUT2D eigenvalue weighted by Gasteiger charge is -2.22. The number of halogens is 2. The predicted octanol–water partition coefficient (Wildman–Crippen LogP) is 1.45. The number of amides is 2. The third-order valence-corrected chi connectivity index (χ3v) is 2.91. The molecule has 96 valence electrons. The number of hydrogen-bond donors (Lipinski definition) is 2. The van der Waals surface area contributed by atoms with Crippen LogP contribution in [0, 0.1) is 0 Å². The summed E-state index contributed by atoms with van der Waals surface area (Å²) in [7, 11) is 0. The Kier molecular flexibility index (Phi) is 4.06. The molecule has 1 fully saturated rings.